The first-order chi connectivity index (χ1) is 12.4. The van der Waals surface area contributed by atoms with Crippen LogP contribution < -0.4 is 4.31 Å². The van der Waals surface area contributed by atoms with E-state index in [0.29, 0.717) is 28.0 Å². The molecule has 0 atom stereocenters. The monoisotopic (exact) mass is 408 g/mol. The van der Waals surface area contributed by atoms with Crippen LogP contribution in [0.1, 0.15) is 23.7 Å². The Balaban J connectivity index is 2.10. The first kappa shape index (κ1) is 18.9. The van der Waals surface area contributed by atoms with Gasteiger partial charge in [-0.15, -0.1) is 0 Å². The molecule has 0 fully saturated rings. The van der Waals surface area contributed by atoms with E-state index in [9.17, 15) is 13.2 Å². The normalized spacial score (nSPS) is 14.6. The number of thioether (sulfide) groups is 1. The van der Waals surface area contributed by atoms with E-state index in [-0.39, 0.29) is 10.7 Å². The first-order valence-corrected chi connectivity index (χ1v) is 10.8. The van der Waals surface area contributed by atoms with Gasteiger partial charge in [-0.25, -0.2) is 12.7 Å². The fourth-order valence-corrected chi connectivity index (χ4v) is 5.34. The van der Waals surface area contributed by atoms with Gasteiger partial charge in [0.2, 0.25) is 0 Å². The number of aliphatic imine (C=N–C) groups is 1. The van der Waals surface area contributed by atoms with Gasteiger partial charge in [0.25, 0.3) is 10.0 Å². The van der Waals surface area contributed by atoms with Crippen molar-refractivity contribution in [2.75, 3.05) is 16.6 Å². The standard InChI is InChI=1S/C18H17ClN2O3S2/c1-13(22)14-6-8-17(9-7-14)26(23,24)21(18-20-10-3-11-25-18)16-5-2-4-15(19)12-16/h2,4-9,12H,3,10-11H2,1H3. The Morgan fingerprint density at radius 1 is 1.19 bits per heavy atom. The van der Waals surface area contributed by atoms with E-state index in [0.717, 1.165) is 12.2 Å². The molecule has 1 aliphatic rings. The zero-order valence-electron chi connectivity index (χ0n) is 14.1. The van der Waals surface area contributed by atoms with E-state index in [4.69, 9.17) is 11.6 Å². The van der Waals surface area contributed by atoms with Crippen molar-refractivity contribution in [3.05, 3.63) is 59.1 Å². The van der Waals surface area contributed by atoms with Crippen LogP contribution in [0.15, 0.2) is 58.4 Å². The Morgan fingerprint density at radius 2 is 1.92 bits per heavy atom. The van der Waals surface area contributed by atoms with E-state index < -0.39 is 10.0 Å². The number of carbonyl (C=O) groups is 1. The molecule has 0 unspecified atom stereocenters. The maximum atomic E-state index is 13.3. The number of Topliss-reactive ketones (excluding diaryl/α,β-unsaturated/α-hetero) is 1. The van der Waals surface area contributed by atoms with Crippen LogP contribution in [0.25, 0.3) is 0 Å². The number of carbonyl (C=O) groups excluding carboxylic acids is 1. The van der Waals surface area contributed by atoms with Crippen LogP contribution in [0.2, 0.25) is 5.02 Å². The maximum absolute atomic E-state index is 13.3. The predicted molar refractivity (Wildman–Crippen MR) is 107 cm³/mol. The van der Waals surface area contributed by atoms with Crippen molar-refractivity contribution in [1.82, 2.24) is 0 Å². The number of halogens is 1. The summed E-state index contributed by atoms with van der Waals surface area (Å²) in [6.45, 7) is 2.02. The first-order valence-electron chi connectivity index (χ1n) is 7.99. The minimum atomic E-state index is -3.90. The fraction of sp³-hybridized carbons (Fsp3) is 0.222. The summed E-state index contributed by atoms with van der Waals surface area (Å²) in [4.78, 5) is 15.9. The van der Waals surface area contributed by atoms with E-state index in [1.54, 1.807) is 24.3 Å². The van der Waals surface area contributed by atoms with E-state index in [1.165, 1.54) is 47.3 Å². The summed E-state index contributed by atoms with van der Waals surface area (Å²) in [7, 11) is -3.90. The summed E-state index contributed by atoms with van der Waals surface area (Å²) in [5, 5.41) is 0.866. The number of anilines is 1. The third-order valence-corrected chi connectivity index (χ3v) is 6.94. The number of nitrogens with zero attached hydrogens (tertiary/aromatic N) is 2. The molecule has 0 saturated carbocycles. The third-order valence-electron chi connectivity index (χ3n) is 3.80. The van der Waals surface area contributed by atoms with E-state index in [1.807, 2.05) is 0 Å². The van der Waals surface area contributed by atoms with Crippen molar-refractivity contribution in [3.8, 4) is 0 Å². The average molecular weight is 409 g/mol. The molecular weight excluding hydrogens is 392 g/mol. The van der Waals surface area contributed by atoms with Gasteiger partial charge in [0.1, 0.15) is 0 Å². The molecule has 3 rings (SSSR count). The second-order valence-corrected chi connectivity index (χ2v) is 8.98. The molecule has 0 bridgehead atoms. The van der Waals surface area contributed by atoms with Crippen LogP contribution in [0, 0.1) is 0 Å². The molecule has 136 valence electrons. The Morgan fingerprint density at radius 3 is 2.50 bits per heavy atom. The molecule has 0 saturated heterocycles. The molecule has 5 nitrogen and oxygen atoms in total. The van der Waals surface area contributed by atoms with E-state index in [2.05, 4.69) is 4.99 Å². The molecule has 0 N–H and O–H groups in total. The van der Waals surface area contributed by atoms with Gasteiger partial charge in [-0.1, -0.05) is 41.6 Å². The Hall–Kier alpha value is -1.83. The van der Waals surface area contributed by atoms with Crippen molar-refractivity contribution >= 4 is 50.0 Å². The van der Waals surface area contributed by atoms with Gasteiger partial charge in [-0.3, -0.25) is 9.79 Å². The fourth-order valence-electron chi connectivity index (χ4n) is 2.49. The van der Waals surface area contributed by atoms with Crippen molar-refractivity contribution in [2.45, 2.75) is 18.2 Å². The lowest BCUT2D eigenvalue weighted by atomic mass is 10.2. The molecule has 0 spiro atoms. The Labute approximate surface area is 162 Å². The largest absolute Gasteiger partial charge is 0.295 e. The lowest BCUT2D eigenvalue weighted by molar-refractivity contribution is 0.101. The van der Waals surface area contributed by atoms with Gasteiger partial charge in [0.05, 0.1) is 10.6 Å². The third kappa shape index (κ3) is 3.95. The topological polar surface area (TPSA) is 66.8 Å². The molecule has 8 heteroatoms. The highest BCUT2D eigenvalue weighted by Crippen LogP contribution is 2.31. The summed E-state index contributed by atoms with van der Waals surface area (Å²) in [5.74, 6) is 0.683. The second kappa shape index (κ2) is 7.82. The predicted octanol–water partition coefficient (Wildman–Crippen LogP) is 4.23. The summed E-state index contributed by atoms with van der Waals surface area (Å²) in [6.07, 6.45) is 0.908. The van der Waals surface area contributed by atoms with Crippen LogP contribution in [0.5, 0.6) is 0 Å². The molecule has 1 heterocycles. The number of hydrogen-bond acceptors (Lipinski definition) is 5. The molecule has 0 radical (unpaired) electrons. The number of hydrogen-bond donors (Lipinski definition) is 0. The van der Waals surface area contributed by atoms with Gasteiger partial charge in [-0.05, 0) is 43.7 Å². The van der Waals surface area contributed by atoms with Crippen LogP contribution in [0.3, 0.4) is 0 Å². The highest BCUT2D eigenvalue weighted by atomic mass is 35.5. The smallest absolute Gasteiger partial charge is 0.270 e. The maximum Gasteiger partial charge on any atom is 0.270 e. The van der Waals surface area contributed by atoms with Crippen LogP contribution in [-0.4, -0.2) is 31.7 Å². The molecule has 1 aliphatic heterocycles. The van der Waals surface area contributed by atoms with Crippen molar-refractivity contribution in [1.29, 1.82) is 0 Å². The average Bonchev–Trinajstić information content (AvgIpc) is 2.63. The highest BCUT2D eigenvalue weighted by Gasteiger charge is 2.31. The van der Waals surface area contributed by atoms with Gasteiger partial charge in [-0.2, -0.15) is 0 Å². The molecular formula is C18H17ClN2O3S2. The molecule has 26 heavy (non-hydrogen) atoms. The Bertz CT molecular complexity index is 957. The summed E-state index contributed by atoms with van der Waals surface area (Å²) < 4.78 is 27.9. The number of rotatable bonds is 4. The number of ketones is 1. The highest BCUT2D eigenvalue weighted by molar-refractivity contribution is 8.15. The van der Waals surface area contributed by atoms with Crippen molar-refractivity contribution in [3.63, 3.8) is 0 Å². The number of benzene rings is 2. The summed E-state index contributed by atoms with van der Waals surface area (Å²) in [5.41, 5.74) is 0.893. The van der Waals surface area contributed by atoms with Crippen LogP contribution in [-0.2, 0) is 10.0 Å². The van der Waals surface area contributed by atoms with Crippen LogP contribution in [0.4, 0.5) is 5.69 Å². The van der Waals surface area contributed by atoms with Crippen LogP contribution >= 0.6 is 23.4 Å². The lowest BCUT2D eigenvalue weighted by Crippen LogP contribution is -2.36. The SMILES string of the molecule is CC(=O)c1ccc(S(=O)(=O)N(C2=NCCCS2)c2cccc(Cl)c2)cc1. The molecule has 0 aliphatic carbocycles. The lowest BCUT2D eigenvalue weighted by Gasteiger charge is -2.27. The second-order valence-electron chi connectivity index (χ2n) is 5.70. The Kier molecular flexibility index (Phi) is 5.70. The summed E-state index contributed by atoms with van der Waals surface area (Å²) >= 11 is 7.48. The van der Waals surface area contributed by atoms with Gasteiger partial charge in [0, 0.05) is 22.9 Å². The molecule has 2 aromatic carbocycles. The van der Waals surface area contributed by atoms with E-state index >= 15 is 0 Å². The number of sulfonamides is 1. The van der Waals surface area contributed by atoms with Crippen molar-refractivity contribution in [2.24, 2.45) is 4.99 Å². The molecule has 2 aromatic rings. The minimum Gasteiger partial charge on any atom is -0.295 e. The zero-order chi connectivity index (χ0) is 18.7. The van der Waals surface area contributed by atoms with Gasteiger partial charge < -0.3 is 0 Å². The van der Waals surface area contributed by atoms with Gasteiger partial charge in [0.15, 0.2) is 11.0 Å². The van der Waals surface area contributed by atoms with Gasteiger partial charge >= 0.3 is 0 Å². The quantitative estimate of drug-likeness (QED) is 0.710. The van der Waals surface area contributed by atoms with Crippen molar-refractivity contribution < 1.29 is 13.2 Å². The number of amidine groups is 1. The summed E-state index contributed by atoms with van der Waals surface area (Å²) in [6, 6.07) is 12.6. The molecule has 0 amide bonds. The minimum absolute atomic E-state index is 0.0938. The molecule has 0 aromatic heterocycles. The zero-order valence-corrected chi connectivity index (χ0v) is 16.4.